The Kier molecular flexibility index (Phi) is 1.85. The van der Waals surface area contributed by atoms with E-state index in [1.165, 1.54) is 32.1 Å². The Morgan fingerprint density at radius 3 is 2.58 bits per heavy atom. The molecule has 0 radical (unpaired) electrons. The molecule has 0 unspecified atom stereocenters. The molecule has 0 saturated heterocycles. The monoisotopic (exact) mass is 167 g/mol. The van der Waals surface area contributed by atoms with Crippen LogP contribution < -0.4 is 5.32 Å². The van der Waals surface area contributed by atoms with Crippen molar-refractivity contribution in [1.82, 2.24) is 5.32 Å². The van der Waals surface area contributed by atoms with Crippen molar-refractivity contribution in [3.8, 4) is 0 Å². The first-order chi connectivity index (χ1) is 5.70. The molecule has 0 aromatic heterocycles. The summed E-state index contributed by atoms with van der Waals surface area (Å²) in [6.07, 6.45) is 6.86. The van der Waals surface area contributed by atoms with Crippen molar-refractivity contribution in [1.29, 1.82) is 0 Å². The van der Waals surface area contributed by atoms with Gasteiger partial charge in [0, 0.05) is 13.5 Å². The molecule has 2 heteroatoms. The van der Waals surface area contributed by atoms with Crippen LogP contribution in [0.4, 0.5) is 0 Å². The lowest BCUT2D eigenvalue weighted by Crippen LogP contribution is -2.33. The van der Waals surface area contributed by atoms with Crippen LogP contribution in [0.3, 0.4) is 0 Å². The Balaban J connectivity index is 1.90. The van der Waals surface area contributed by atoms with Crippen LogP contribution in [0.15, 0.2) is 0 Å². The number of hydrogen-bond donors (Lipinski definition) is 1. The van der Waals surface area contributed by atoms with Crippen LogP contribution in [0.1, 0.15) is 39.0 Å². The summed E-state index contributed by atoms with van der Waals surface area (Å²) in [4.78, 5) is 10.8. The summed E-state index contributed by atoms with van der Waals surface area (Å²) in [6, 6.07) is 0. The SMILES string of the molecule is CC(=O)NCC12CCC(CC1)C2. The zero-order chi connectivity index (χ0) is 8.60. The lowest BCUT2D eigenvalue weighted by Gasteiger charge is -2.26. The number of amides is 1. The van der Waals surface area contributed by atoms with Crippen LogP contribution in [-0.4, -0.2) is 12.5 Å². The predicted octanol–water partition coefficient (Wildman–Crippen LogP) is 1.70. The molecule has 0 heterocycles. The molecule has 12 heavy (non-hydrogen) atoms. The average molecular weight is 167 g/mol. The minimum absolute atomic E-state index is 0.125. The molecule has 0 atom stereocenters. The Hall–Kier alpha value is -0.530. The number of nitrogens with one attached hydrogen (secondary N) is 1. The van der Waals surface area contributed by atoms with Gasteiger partial charge in [0.2, 0.25) is 5.91 Å². The van der Waals surface area contributed by atoms with E-state index in [1.807, 2.05) is 0 Å². The normalized spacial score (nSPS) is 38.6. The van der Waals surface area contributed by atoms with Crippen LogP contribution in [0.25, 0.3) is 0 Å². The molecule has 2 aliphatic rings. The van der Waals surface area contributed by atoms with Crippen LogP contribution in [0.2, 0.25) is 0 Å². The van der Waals surface area contributed by atoms with Crippen LogP contribution in [-0.2, 0) is 4.79 Å². The van der Waals surface area contributed by atoms with E-state index < -0.39 is 0 Å². The van der Waals surface area contributed by atoms with Gasteiger partial charge >= 0.3 is 0 Å². The summed E-state index contributed by atoms with van der Waals surface area (Å²) < 4.78 is 0. The Morgan fingerprint density at radius 1 is 1.50 bits per heavy atom. The van der Waals surface area contributed by atoms with Crippen LogP contribution >= 0.6 is 0 Å². The van der Waals surface area contributed by atoms with E-state index in [-0.39, 0.29) is 5.91 Å². The van der Waals surface area contributed by atoms with E-state index in [9.17, 15) is 4.79 Å². The molecule has 2 aliphatic carbocycles. The maximum Gasteiger partial charge on any atom is 0.216 e. The zero-order valence-corrected chi connectivity index (χ0v) is 7.73. The van der Waals surface area contributed by atoms with Crippen molar-refractivity contribution < 1.29 is 4.79 Å². The maximum absolute atomic E-state index is 10.8. The van der Waals surface area contributed by atoms with Gasteiger partial charge in [-0.25, -0.2) is 0 Å². The lowest BCUT2D eigenvalue weighted by molar-refractivity contribution is -0.119. The Bertz CT molecular complexity index is 192. The highest BCUT2D eigenvalue weighted by atomic mass is 16.1. The standard InChI is InChI=1S/C10H17NO/c1-8(12)11-7-10-4-2-9(6-10)3-5-10/h9H,2-7H2,1H3,(H,11,12). The zero-order valence-electron chi connectivity index (χ0n) is 7.73. The highest BCUT2D eigenvalue weighted by Crippen LogP contribution is 2.53. The maximum atomic E-state index is 10.8. The van der Waals surface area contributed by atoms with E-state index in [4.69, 9.17) is 0 Å². The molecule has 0 spiro atoms. The van der Waals surface area contributed by atoms with Crippen molar-refractivity contribution in [3.63, 3.8) is 0 Å². The number of fused-ring (bicyclic) bond motifs is 2. The number of hydrogen-bond acceptors (Lipinski definition) is 1. The summed E-state index contributed by atoms with van der Waals surface area (Å²) in [7, 11) is 0. The van der Waals surface area contributed by atoms with Crippen molar-refractivity contribution in [2.24, 2.45) is 11.3 Å². The second-order valence-corrected chi connectivity index (χ2v) is 4.56. The van der Waals surface area contributed by atoms with Gasteiger partial charge in [-0.2, -0.15) is 0 Å². The van der Waals surface area contributed by atoms with Gasteiger partial charge < -0.3 is 5.32 Å². The highest BCUT2D eigenvalue weighted by Gasteiger charge is 2.44. The van der Waals surface area contributed by atoms with Gasteiger partial charge in [-0.1, -0.05) is 0 Å². The molecule has 2 rings (SSSR count). The van der Waals surface area contributed by atoms with Crippen molar-refractivity contribution in [2.75, 3.05) is 6.54 Å². The molecule has 2 saturated carbocycles. The summed E-state index contributed by atoms with van der Waals surface area (Å²) in [6.45, 7) is 2.54. The fourth-order valence-electron chi connectivity index (χ4n) is 2.87. The van der Waals surface area contributed by atoms with E-state index >= 15 is 0 Å². The highest BCUT2D eigenvalue weighted by molar-refractivity contribution is 5.72. The third kappa shape index (κ3) is 1.35. The minimum Gasteiger partial charge on any atom is -0.356 e. The Morgan fingerprint density at radius 2 is 2.17 bits per heavy atom. The van der Waals surface area contributed by atoms with Gasteiger partial charge in [-0.3, -0.25) is 4.79 Å². The van der Waals surface area contributed by atoms with E-state index in [1.54, 1.807) is 6.92 Å². The molecule has 0 aromatic carbocycles. The van der Waals surface area contributed by atoms with Gasteiger partial charge in [-0.05, 0) is 43.4 Å². The van der Waals surface area contributed by atoms with Gasteiger partial charge in [0.15, 0.2) is 0 Å². The minimum atomic E-state index is 0.125. The summed E-state index contributed by atoms with van der Waals surface area (Å²) >= 11 is 0. The first-order valence-electron chi connectivity index (χ1n) is 4.95. The molecule has 2 bridgehead atoms. The van der Waals surface area contributed by atoms with Crippen molar-refractivity contribution >= 4 is 5.91 Å². The quantitative estimate of drug-likeness (QED) is 0.666. The summed E-state index contributed by atoms with van der Waals surface area (Å²) in [5.74, 6) is 1.11. The third-order valence-corrected chi connectivity index (χ3v) is 3.60. The van der Waals surface area contributed by atoms with Crippen LogP contribution in [0.5, 0.6) is 0 Å². The van der Waals surface area contributed by atoms with E-state index in [0.717, 1.165) is 12.5 Å². The molecule has 2 fully saturated rings. The van der Waals surface area contributed by atoms with E-state index in [2.05, 4.69) is 5.32 Å². The largest absolute Gasteiger partial charge is 0.356 e. The second-order valence-electron chi connectivity index (χ2n) is 4.56. The topological polar surface area (TPSA) is 29.1 Å². The van der Waals surface area contributed by atoms with Gasteiger partial charge in [0.05, 0.1) is 0 Å². The molecule has 1 amide bonds. The number of carbonyl (C=O) groups excluding carboxylic acids is 1. The molecule has 0 aromatic rings. The number of carbonyl (C=O) groups is 1. The predicted molar refractivity (Wildman–Crippen MR) is 47.7 cm³/mol. The Labute approximate surface area is 73.7 Å². The summed E-state index contributed by atoms with van der Waals surface area (Å²) in [5.41, 5.74) is 0.510. The fraction of sp³-hybridized carbons (Fsp3) is 0.900. The van der Waals surface area contributed by atoms with Gasteiger partial charge in [0.25, 0.3) is 0 Å². The third-order valence-electron chi connectivity index (χ3n) is 3.60. The average Bonchev–Trinajstić information content (AvgIpc) is 2.60. The molecule has 68 valence electrons. The molecule has 2 nitrogen and oxygen atoms in total. The summed E-state index contributed by atoms with van der Waals surface area (Å²) in [5, 5.41) is 2.97. The van der Waals surface area contributed by atoms with Crippen LogP contribution in [0, 0.1) is 11.3 Å². The molecule has 0 aliphatic heterocycles. The van der Waals surface area contributed by atoms with Gasteiger partial charge in [0.1, 0.15) is 0 Å². The van der Waals surface area contributed by atoms with E-state index in [0.29, 0.717) is 5.41 Å². The smallest absolute Gasteiger partial charge is 0.216 e. The first kappa shape index (κ1) is 8.09. The molecule has 1 N–H and O–H groups in total. The second kappa shape index (κ2) is 2.75. The lowest BCUT2D eigenvalue weighted by atomic mass is 9.84. The van der Waals surface area contributed by atoms with Crippen molar-refractivity contribution in [2.45, 2.75) is 39.0 Å². The van der Waals surface area contributed by atoms with Gasteiger partial charge in [-0.15, -0.1) is 0 Å². The number of rotatable bonds is 2. The molecular weight excluding hydrogens is 150 g/mol. The first-order valence-corrected chi connectivity index (χ1v) is 4.95. The van der Waals surface area contributed by atoms with Crippen molar-refractivity contribution in [3.05, 3.63) is 0 Å². The fourth-order valence-corrected chi connectivity index (χ4v) is 2.87. The molecular formula is C10H17NO.